The summed E-state index contributed by atoms with van der Waals surface area (Å²) in [6.07, 6.45) is 1.32. The number of hydrogen-bond donors (Lipinski definition) is 1. The van der Waals surface area contributed by atoms with E-state index in [9.17, 15) is 5.11 Å². The Hall–Kier alpha value is -1.86. The number of aliphatic hydroxyl groups excluding tert-OH is 1. The fourth-order valence-corrected chi connectivity index (χ4v) is 3.50. The molecule has 3 rings (SSSR count). The van der Waals surface area contributed by atoms with Crippen molar-refractivity contribution in [1.82, 2.24) is 0 Å². The zero-order chi connectivity index (χ0) is 15.9. The van der Waals surface area contributed by atoms with Crippen molar-refractivity contribution in [3.8, 4) is 0 Å². The molecule has 1 aliphatic rings. The van der Waals surface area contributed by atoms with Gasteiger partial charge < -0.3 is 5.11 Å². The van der Waals surface area contributed by atoms with E-state index in [0.29, 0.717) is 0 Å². The summed E-state index contributed by atoms with van der Waals surface area (Å²) in [6, 6.07) is 12.7. The molecule has 1 N–H and O–H groups in total. The van der Waals surface area contributed by atoms with E-state index in [2.05, 4.69) is 57.2 Å². The van der Waals surface area contributed by atoms with Gasteiger partial charge in [-0.1, -0.05) is 48.9 Å². The van der Waals surface area contributed by atoms with Crippen molar-refractivity contribution in [3.05, 3.63) is 64.2 Å². The molecule has 0 saturated heterocycles. The lowest BCUT2D eigenvalue weighted by molar-refractivity contribution is 0.175. The van der Waals surface area contributed by atoms with E-state index in [1.807, 2.05) is 6.92 Å². The smallest absolute Gasteiger partial charge is 0.0799 e. The Morgan fingerprint density at radius 3 is 2.36 bits per heavy atom. The fourth-order valence-electron chi connectivity index (χ4n) is 3.50. The van der Waals surface area contributed by atoms with Crippen molar-refractivity contribution < 1.29 is 5.11 Å². The zero-order valence-electron chi connectivity index (χ0n) is 13.9. The highest BCUT2D eigenvalue weighted by atomic mass is 16.3. The Balaban J connectivity index is 2.27. The number of rotatable bonds is 3. The van der Waals surface area contributed by atoms with Gasteiger partial charge in [0.05, 0.1) is 6.10 Å². The molecule has 22 heavy (non-hydrogen) atoms. The van der Waals surface area contributed by atoms with Gasteiger partial charge in [-0.25, -0.2) is 0 Å². The highest BCUT2D eigenvalue weighted by Crippen LogP contribution is 2.42. The van der Waals surface area contributed by atoms with Gasteiger partial charge in [0.25, 0.3) is 0 Å². The molecular formula is C21H24O. The van der Waals surface area contributed by atoms with E-state index in [-0.39, 0.29) is 0 Å². The second-order valence-corrected chi connectivity index (χ2v) is 6.36. The van der Waals surface area contributed by atoms with Crippen LogP contribution in [0.3, 0.4) is 0 Å². The summed E-state index contributed by atoms with van der Waals surface area (Å²) in [7, 11) is 0. The molecule has 0 amide bonds. The monoisotopic (exact) mass is 292 g/mol. The number of benzene rings is 2. The van der Waals surface area contributed by atoms with E-state index in [1.165, 1.54) is 38.6 Å². The van der Waals surface area contributed by atoms with Crippen LogP contribution in [0.15, 0.2) is 53.1 Å². The third kappa shape index (κ3) is 2.30. The summed E-state index contributed by atoms with van der Waals surface area (Å²) in [5.74, 6) is 0. The highest BCUT2D eigenvalue weighted by molar-refractivity contribution is 5.92. The van der Waals surface area contributed by atoms with E-state index in [0.717, 1.165) is 18.4 Å². The van der Waals surface area contributed by atoms with Gasteiger partial charge in [0, 0.05) is 0 Å². The lowest BCUT2D eigenvalue weighted by Gasteiger charge is -2.19. The lowest BCUT2D eigenvalue weighted by Crippen LogP contribution is -2.02. The maximum atomic E-state index is 10.7. The average molecular weight is 292 g/mol. The van der Waals surface area contributed by atoms with Gasteiger partial charge in [-0.3, -0.25) is 0 Å². The lowest BCUT2D eigenvalue weighted by atomic mass is 9.88. The Labute approximate surface area is 133 Å². The van der Waals surface area contributed by atoms with Gasteiger partial charge in [0.1, 0.15) is 0 Å². The molecule has 1 atom stereocenters. The summed E-state index contributed by atoms with van der Waals surface area (Å²) in [4.78, 5) is 0. The number of hydrogen-bond acceptors (Lipinski definition) is 1. The molecule has 0 heterocycles. The molecule has 1 aliphatic carbocycles. The van der Waals surface area contributed by atoms with Crippen LogP contribution in [0.4, 0.5) is 0 Å². The molecule has 114 valence electrons. The first-order chi connectivity index (χ1) is 10.5. The molecule has 0 spiro atoms. The molecule has 0 saturated carbocycles. The molecule has 0 bridgehead atoms. The van der Waals surface area contributed by atoms with Crippen molar-refractivity contribution in [2.75, 3.05) is 0 Å². The maximum Gasteiger partial charge on any atom is 0.0799 e. The van der Waals surface area contributed by atoms with Gasteiger partial charge in [0.15, 0.2) is 0 Å². The normalized spacial score (nSPS) is 16.8. The summed E-state index contributed by atoms with van der Waals surface area (Å²) in [5.41, 5.74) is 7.91. The quantitative estimate of drug-likeness (QED) is 0.758. The van der Waals surface area contributed by atoms with Gasteiger partial charge in [-0.2, -0.15) is 0 Å². The average Bonchev–Trinajstić information content (AvgIpc) is 2.80. The molecule has 2 aromatic rings. The minimum Gasteiger partial charge on any atom is -0.388 e. The summed E-state index contributed by atoms with van der Waals surface area (Å²) >= 11 is 0. The Morgan fingerprint density at radius 1 is 1.00 bits per heavy atom. The predicted molar refractivity (Wildman–Crippen MR) is 94.8 cm³/mol. The first-order valence-electron chi connectivity index (χ1n) is 8.11. The minimum atomic E-state index is -0.414. The zero-order valence-corrected chi connectivity index (χ0v) is 13.9. The Morgan fingerprint density at radius 2 is 1.73 bits per heavy atom. The molecule has 2 aromatic carbocycles. The van der Waals surface area contributed by atoms with Gasteiger partial charge >= 0.3 is 0 Å². The van der Waals surface area contributed by atoms with Crippen LogP contribution < -0.4 is 0 Å². The topological polar surface area (TPSA) is 20.2 Å². The van der Waals surface area contributed by atoms with Crippen LogP contribution in [0.25, 0.3) is 16.3 Å². The van der Waals surface area contributed by atoms with Crippen LogP contribution >= 0.6 is 0 Å². The van der Waals surface area contributed by atoms with E-state index in [4.69, 9.17) is 0 Å². The predicted octanol–water partition coefficient (Wildman–Crippen LogP) is 5.80. The van der Waals surface area contributed by atoms with Crippen molar-refractivity contribution in [2.45, 2.75) is 46.6 Å². The van der Waals surface area contributed by atoms with Crippen LogP contribution in [0.1, 0.15) is 57.8 Å². The number of fused-ring (bicyclic) bond motifs is 1. The first-order valence-corrected chi connectivity index (χ1v) is 8.11. The molecule has 0 radical (unpaired) electrons. The van der Waals surface area contributed by atoms with Crippen molar-refractivity contribution in [3.63, 3.8) is 0 Å². The van der Waals surface area contributed by atoms with Crippen molar-refractivity contribution >= 4 is 16.3 Å². The fraction of sp³-hybridized carbons (Fsp3) is 0.333. The minimum absolute atomic E-state index is 0.414. The Bertz CT molecular complexity index is 793. The molecule has 0 fully saturated rings. The number of aliphatic hydroxyl groups is 1. The highest BCUT2D eigenvalue weighted by Gasteiger charge is 2.22. The molecule has 1 nitrogen and oxygen atoms in total. The molecule has 0 aromatic heterocycles. The van der Waals surface area contributed by atoms with Crippen LogP contribution in [-0.4, -0.2) is 5.11 Å². The number of allylic oxidation sites excluding steroid dienone is 4. The largest absolute Gasteiger partial charge is 0.388 e. The summed E-state index contributed by atoms with van der Waals surface area (Å²) in [6.45, 7) is 8.66. The maximum absolute atomic E-state index is 10.7. The van der Waals surface area contributed by atoms with Crippen LogP contribution in [0.5, 0.6) is 0 Å². The second-order valence-electron chi connectivity index (χ2n) is 6.36. The third-order valence-electron chi connectivity index (χ3n) is 5.11. The third-order valence-corrected chi connectivity index (χ3v) is 5.11. The van der Waals surface area contributed by atoms with Gasteiger partial charge in [-0.15, -0.1) is 0 Å². The van der Waals surface area contributed by atoms with Crippen molar-refractivity contribution in [1.29, 1.82) is 0 Å². The van der Waals surface area contributed by atoms with E-state index in [1.54, 1.807) is 0 Å². The summed E-state index contributed by atoms with van der Waals surface area (Å²) < 4.78 is 0. The van der Waals surface area contributed by atoms with Gasteiger partial charge in [-0.05, 0) is 72.2 Å². The molecule has 0 aliphatic heterocycles. The first kappa shape index (κ1) is 15.1. The molecule has 1 heteroatoms. The van der Waals surface area contributed by atoms with Crippen LogP contribution in [-0.2, 0) is 0 Å². The second kappa shape index (κ2) is 5.73. The van der Waals surface area contributed by atoms with E-state index < -0.39 is 6.10 Å². The van der Waals surface area contributed by atoms with Gasteiger partial charge in [0.2, 0.25) is 0 Å². The SMILES string of the molecule is CCC(O)c1c(C2=C(C)C(C)=C(C)C2)ccc2ccccc12. The van der Waals surface area contributed by atoms with Crippen LogP contribution in [0, 0.1) is 0 Å². The molecule has 1 unspecified atom stereocenters. The standard InChI is InChI=1S/C21H24O/c1-5-20(22)21-17-9-7-6-8-16(17)10-11-18(21)19-12-13(2)14(3)15(19)4/h6-11,20,22H,5,12H2,1-4H3. The molecular weight excluding hydrogens is 268 g/mol. The van der Waals surface area contributed by atoms with E-state index >= 15 is 0 Å². The Kier molecular flexibility index (Phi) is 3.92. The van der Waals surface area contributed by atoms with Crippen molar-refractivity contribution in [2.24, 2.45) is 0 Å². The summed E-state index contributed by atoms with van der Waals surface area (Å²) in [5, 5.41) is 13.0. The van der Waals surface area contributed by atoms with Crippen LogP contribution in [0.2, 0.25) is 0 Å².